The highest BCUT2D eigenvalue weighted by molar-refractivity contribution is 5.46. The molecule has 0 nitrogen and oxygen atoms in total. The first kappa shape index (κ1) is 10.3. The van der Waals surface area contributed by atoms with Gasteiger partial charge in [0.05, 0.1) is 0 Å². The largest absolute Gasteiger partial charge is 0.0654 e. The van der Waals surface area contributed by atoms with Crippen molar-refractivity contribution in [2.45, 2.75) is 46.5 Å². The molecule has 0 spiro atoms. The number of fused-ring (bicyclic) bond motifs is 1. The van der Waals surface area contributed by atoms with Crippen molar-refractivity contribution in [3.05, 3.63) is 34.9 Å². The number of hydrogen-bond acceptors (Lipinski definition) is 0. The molecule has 2 rings (SSSR count). The summed E-state index contributed by atoms with van der Waals surface area (Å²) in [7, 11) is 0. The van der Waals surface area contributed by atoms with Crippen LogP contribution in [-0.2, 0) is 6.42 Å². The summed E-state index contributed by atoms with van der Waals surface area (Å²) in [6.07, 6.45) is 5.32. The molecule has 0 heterocycles. The normalized spacial score (nSPS) is 11.3. The van der Waals surface area contributed by atoms with E-state index in [2.05, 4.69) is 39.0 Å². The third kappa shape index (κ3) is 3.63. The Labute approximate surface area is 82.0 Å². The zero-order chi connectivity index (χ0) is 9.68. The summed E-state index contributed by atoms with van der Waals surface area (Å²) in [4.78, 5) is 0. The molecular weight excluding hydrogens is 156 g/mol. The van der Waals surface area contributed by atoms with Gasteiger partial charge >= 0.3 is 0 Å². The molecule has 0 aromatic heterocycles. The Morgan fingerprint density at radius 1 is 1.08 bits per heavy atom. The molecule has 1 aromatic rings. The van der Waals surface area contributed by atoms with Gasteiger partial charge in [0.2, 0.25) is 0 Å². The quantitative estimate of drug-likeness (QED) is 0.646. The Balaban J connectivity index is 0.000000149. The predicted molar refractivity (Wildman–Crippen MR) is 59.2 cm³/mol. The van der Waals surface area contributed by atoms with Crippen LogP contribution in [0.2, 0.25) is 0 Å². The maximum Gasteiger partial charge on any atom is -0.00200 e. The Hall–Kier alpha value is -0.780. The highest BCUT2D eigenvalue weighted by atomic mass is 14.2. The van der Waals surface area contributed by atoms with E-state index in [0.29, 0.717) is 0 Å². The molecule has 0 amide bonds. The molecule has 0 unspecified atom stereocenters. The van der Waals surface area contributed by atoms with Crippen LogP contribution in [0.25, 0.3) is 0 Å². The van der Waals surface area contributed by atoms with E-state index in [4.69, 9.17) is 0 Å². The summed E-state index contributed by atoms with van der Waals surface area (Å²) in [5.74, 6) is 0. The lowest BCUT2D eigenvalue weighted by molar-refractivity contribution is 0.772. The first-order chi connectivity index (χ1) is 6.27. The Kier molecular flexibility index (Phi) is 4.01. The second-order valence-electron chi connectivity index (χ2n) is 3.80. The van der Waals surface area contributed by atoms with Crippen LogP contribution in [-0.4, -0.2) is 0 Å². The molecule has 0 saturated carbocycles. The van der Waals surface area contributed by atoms with Crippen LogP contribution >= 0.6 is 0 Å². The van der Waals surface area contributed by atoms with Crippen molar-refractivity contribution in [1.82, 2.24) is 0 Å². The van der Waals surface area contributed by atoms with Crippen LogP contribution in [0.3, 0.4) is 0 Å². The average molecular weight is 176 g/mol. The minimum atomic E-state index is 1.24. The minimum absolute atomic E-state index is 1.24. The summed E-state index contributed by atoms with van der Waals surface area (Å²) in [5, 5.41) is 0. The van der Waals surface area contributed by atoms with Crippen LogP contribution in [0, 0.1) is 6.92 Å². The summed E-state index contributed by atoms with van der Waals surface area (Å²) >= 11 is 0. The van der Waals surface area contributed by atoms with Crippen LogP contribution in [0.4, 0.5) is 0 Å². The van der Waals surface area contributed by atoms with Crippen LogP contribution in [0.5, 0.6) is 0 Å². The average Bonchev–Trinajstić information content (AvgIpc) is 2.85. The summed E-state index contributed by atoms with van der Waals surface area (Å²) in [6, 6.07) is 6.64. The van der Waals surface area contributed by atoms with Crippen molar-refractivity contribution in [3.63, 3.8) is 0 Å². The fourth-order valence-corrected chi connectivity index (χ4v) is 1.38. The molecule has 72 valence electrons. The van der Waals surface area contributed by atoms with E-state index >= 15 is 0 Å². The number of rotatable bonds is 2. The van der Waals surface area contributed by atoms with E-state index in [9.17, 15) is 0 Å². The molecule has 0 saturated heterocycles. The van der Waals surface area contributed by atoms with Gasteiger partial charge in [0.15, 0.2) is 0 Å². The monoisotopic (exact) mass is 176 g/mol. The van der Waals surface area contributed by atoms with Crippen LogP contribution in [0.1, 0.15) is 49.8 Å². The maximum absolute atomic E-state index is 2.26. The van der Waals surface area contributed by atoms with Crippen molar-refractivity contribution in [2.24, 2.45) is 0 Å². The van der Waals surface area contributed by atoms with Crippen molar-refractivity contribution < 1.29 is 0 Å². The van der Waals surface area contributed by atoms with E-state index in [0.717, 1.165) is 0 Å². The van der Waals surface area contributed by atoms with Gasteiger partial charge in [-0.3, -0.25) is 0 Å². The molecule has 1 aliphatic rings. The molecule has 13 heavy (non-hydrogen) atoms. The first-order valence-electron chi connectivity index (χ1n) is 5.36. The number of benzene rings is 1. The van der Waals surface area contributed by atoms with E-state index in [1.54, 1.807) is 5.56 Å². The zero-order valence-electron chi connectivity index (χ0n) is 9.06. The number of aryl methyl sites for hydroxylation is 1. The Bertz CT molecular complexity index is 258. The van der Waals surface area contributed by atoms with Crippen molar-refractivity contribution in [2.75, 3.05) is 0 Å². The zero-order valence-corrected chi connectivity index (χ0v) is 9.06. The van der Waals surface area contributed by atoms with E-state index in [1.807, 2.05) is 0 Å². The summed E-state index contributed by atoms with van der Waals surface area (Å²) in [5.41, 5.74) is 4.47. The van der Waals surface area contributed by atoms with Crippen LogP contribution < -0.4 is 0 Å². The SMILES string of the molecule is CCCCC.Cc1ccc2c(c1)C2. The molecule has 0 heteroatoms. The summed E-state index contributed by atoms with van der Waals surface area (Å²) in [6.45, 7) is 6.56. The minimum Gasteiger partial charge on any atom is -0.0654 e. The second kappa shape index (κ2) is 5.06. The van der Waals surface area contributed by atoms with E-state index < -0.39 is 0 Å². The van der Waals surface area contributed by atoms with Gasteiger partial charge in [0.1, 0.15) is 0 Å². The molecule has 0 fully saturated rings. The molecule has 0 N–H and O–H groups in total. The molecule has 0 aliphatic heterocycles. The summed E-state index contributed by atoms with van der Waals surface area (Å²) < 4.78 is 0. The van der Waals surface area contributed by atoms with Gasteiger partial charge in [-0.05, 0) is 24.5 Å². The molecule has 0 bridgehead atoms. The molecule has 0 atom stereocenters. The van der Waals surface area contributed by atoms with Gasteiger partial charge in [-0.2, -0.15) is 0 Å². The fraction of sp³-hybridized carbons (Fsp3) is 0.538. The lowest BCUT2D eigenvalue weighted by atomic mass is 10.2. The molecule has 1 aromatic carbocycles. The van der Waals surface area contributed by atoms with Crippen LogP contribution in [0.15, 0.2) is 18.2 Å². The highest BCUT2D eigenvalue weighted by Crippen LogP contribution is 2.27. The Morgan fingerprint density at radius 2 is 1.77 bits per heavy atom. The number of hydrogen-bond donors (Lipinski definition) is 0. The van der Waals surface area contributed by atoms with Gasteiger partial charge in [-0.1, -0.05) is 56.9 Å². The predicted octanol–water partition coefficient (Wildman–Crippen LogP) is 4.10. The van der Waals surface area contributed by atoms with Gasteiger partial charge in [0, 0.05) is 0 Å². The topological polar surface area (TPSA) is 0 Å². The molecule has 1 aliphatic carbocycles. The molecular formula is C13H20. The standard InChI is InChI=1S/C8H8.C5H12/c1-6-2-3-7-5-8(7)4-6;1-3-5-4-2/h2-4H,5H2,1H3;3-5H2,1-2H3. The third-order valence-corrected chi connectivity index (χ3v) is 2.32. The maximum atomic E-state index is 2.26. The lowest BCUT2D eigenvalue weighted by Crippen LogP contribution is -1.63. The first-order valence-corrected chi connectivity index (χ1v) is 5.36. The number of unbranched alkanes of at least 4 members (excludes halogenated alkanes) is 2. The van der Waals surface area contributed by atoms with Gasteiger partial charge in [-0.15, -0.1) is 0 Å². The highest BCUT2D eigenvalue weighted by Gasteiger charge is 2.14. The fourth-order valence-electron chi connectivity index (χ4n) is 1.38. The smallest absolute Gasteiger partial charge is 0.00200 e. The van der Waals surface area contributed by atoms with E-state index in [-0.39, 0.29) is 0 Å². The van der Waals surface area contributed by atoms with Crippen molar-refractivity contribution in [3.8, 4) is 0 Å². The lowest BCUT2D eigenvalue weighted by Gasteiger charge is -1.82. The second-order valence-corrected chi connectivity index (χ2v) is 3.80. The Morgan fingerprint density at radius 3 is 2.15 bits per heavy atom. The van der Waals surface area contributed by atoms with Gasteiger partial charge in [0.25, 0.3) is 0 Å². The van der Waals surface area contributed by atoms with E-state index in [1.165, 1.54) is 36.8 Å². The van der Waals surface area contributed by atoms with Gasteiger partial charge in [-0.25, -0.2) is 0 Å². The molecule has 0 radical (unpaired) electrons. The third-order valence-electron chi connectivity index (χ3n) is 2.32. The van der Waals surface area contributed by atoms with Gasteiger partial charge < -0.3 is 0 Å². The van der Waals surface area contributed by atoms with Crippen molar-refractivity contribution in [1.29, 1.82) is 0 Å². The van der Waals surface area contributed by atoms with Crippen molar-refractivity contribution >= 4 is 0 Å².